The lowest BCUT2D eigenvalue weighted by molar-refractivity contribution is -0.117. The number of benzene rings is 2. The Morgan fingerprint density at radius 1 is 1.10 bits per heavy atom. The van der Waals surface area contributed by atoms with Gasteiger partial charge in [0, 0.05) is 31.0 Å². The van der Waals surface area contributed by atoms with Crippen LogP contribution in [0.5, 0.6) is 0 Å². The number of aromatic carboxylic acids is 1. The zero-order valence-electron chi connectivity index (χ0n) is 22.3. The molecule has 1 saturated heterocycles. The third-order valence-corrected chi connectivity index (χ3v) is 7.75. The monoisotopic (exact) mass is 560 g/mol. The summed E-state index contributed by atoms with van der Waals surface area (Å²) in [7, 11) is 0. The third kappa shape index (κ3) is 5.17. The molecular weight excluding hydrogens is 530 g/mol. The highest BCUT2D eigenvalue weighted by atomic mass is 35.5. The van der Waals surface area contributed by atoms with Crippen molar-refractivity contribution in [3.05, 3.63) is 73.5 Å². The second-order valence-corrected chi connectivity index (χ2v) is 11.3. The molecule has 1 unspecified atom stereocenters. The quantitative estimate of drug-likeness (QED) is 0.372. The number of amides is 1. The molecule has 0 bridgehead atoms. The molecule has 0 aliphatic carbocycles. The molecule has 10 heteroatoms. The van der Waals surface area contributed by atoms with Gasteiger partial charge in [-0.2, -0.15) is 0 Å². The molecule has 0 radical (unpaired) electrons. The maximum absolute atomic E-state index is 15.2. The molecule has 2 heterocycles. The Balaban J connectivity index is 1.95. The predicted octanol–water partition coefficient (Wildman–Crippen LogP) is 5.49. The van der Waals surface area contributed by atoms with Crippen LogP contribution in [-0.2, 0) is 17.6 Å². The van der Waals surface area contributed by atoms with E-state index in [1.54, 1.807) is 10.6 Å². The van der Waals surface area contributed by atoms with E-state index in [4.69, 9.17) is 11.6 Å². The smallest absolute Gasteiger partial charge is 0.341 e. The average molecular weight is 561 g/mol. The van der Waals surface area contributed by atoms with E-state index in [9.17, 15) is 29.0 Å². The number of rotatable bonds is 7. The number of halogens is 3. The molecule has 1 aromatic heterocycles. The zero-order chi connectivity index (χ0) is 28.8. The first kappa shape index (κ1) is 28.7. The Morgan fingerprint density at radius 2 is 1.79 bits per heavy atom. The second kappa shape index (κ2) is 10.7. The number of carbonyl (C=O) groups is 2. The van der Waals surface area contributed by atoms with Crippen molar-refractivity contribution in [2.75, 3.05) is 18.1 Å². The molecule has 208 valence electrons. The normalized spacial score (nSPS) is 14.9. The van der Waals surface area contributed by atoms with Gasteiger partial charge in [0.2, 0.25) is 11.3 Å². The van der Waals surface area contributed by atoms with Crippen LogP contribution in [0, 0.1) is 17.0 Å². The summed E-state index contributed by atoms with van der Waals surface area (Å²) in [5, 5.41) is 19.3. The highest BCUT2D eigenvalue weighted by Gasteiger charge is 2.30. The molecule has 7 nitrogen and oxygen atoms in total. The van der Waals surface area contributed by atoms with Gasteiger partial charge in [-0.05, 0) is 53.1 Å². The number of aliphatic hydroxyl groups excluding tert-OH is 1. The molecule has 0 spiro atoms. The number of aryl methyl sites for hydroxylation is 1. The fourth-order valence-corrected chi connectivity index (χ4v) is 5.46. The topological polar surface area (TPSA) is 99.8 Å². The first-order valence-corrected chi connectivity index (χ1v) is 13.2. The van der Waals surface area contributed by atoms with E-state index in [0.717, 1.165) is 5.56 Å². The molecule has 39 heavy (non-hydrogen) atoms. The summed E-state index contributed by atoms with van der Waals surface area (Å²) in [4.78, 5) is 38.8. The molecule has 1 atom stereocenters. The standard InChI is InChI=1S/C29H31ClF2N2O5/c1-5-15-11-20-18(27(37)19(28(38)39)13-34(20)22(14-35)29(2,3)4)10-16(15)9-17-12-21(26(32)24(30)25(17)31)33-8-6-7-23(33)36/h10-13,22,35H,5-9,14H2,1-4H3,(H,38,39). The van der Waals surface area contributed by atoms with Crippen molar-refractivity contribution < 1.29 is 28.6 Å². The fraction of sp³-hybridized carbons (Fsp3) is 0.414. The molecule has 1 aliphatic heterocycles. The number of carboxylic acids is 1. The van der Waals surface area contributed by atoms with Crippen LogP contribution in [0.4, 0.5) is 14.5 Å². The summed E-state index contributed by atoms with van der Waals surface area (Å²) < 4.78 is 31.7. The van der Waals surface area contributed by atoms with Crippen molar-refractivity contribution in [1.82, 2.24) is 4.57 Å². The molecule has 2 N–H and O–H groups in total. The minimum Gasteiger partial charge on any atom is -0.477 e. The van der Waals surface area contributed by atoms with Crippen LogP contribution >= 0.6 is 11.6 Å². The number of aliphatic hydroxyl groups is 1. The van der Waals surface area contributed by atoms with Crippen molar-refractivity contribution in [3.63, 3.8) is 0 Å². The number of nitrogens with zero attached hydrogens (tertiary/aromatic N) is 2. The SMILES string of the molecule is CCc1cc2c(cc1Cc1cc(N3CCCC3=O)c(F)c(Cl)c1F)c(=O)c(C(=O)O)cn2C(CO)C(C)(C)C. The molecule has 1 amide bonds. The number of hydrogen-bond acceptors (Lipinski definition) is 4. The predicted molar refractivity (Wildman–Crippen MR) is 146 cm³/mol. The molecule has 1 fully saturated rings. The molecule has 4 rings (SSSR count). The van der Waals surface area contributed by atoms with Crippen molar-refractivity contribution in [2.45, 2.75) is 59.4 Å². The van der Waals surface area contributed by atoms with E-state index in [1.165, 1.54) is 23.2 Å². The molecular formula is C29H31ClF2N2O5. The van der Waals surface area contributed by atoms with E-state index < -0.39 is 45.1 Å². The largest absolute Gasteiger partial charge is 0.477 e. The first-order chi connectivity index (χ1) is 18.3. The number of carboxylic acid groups (broad SMARTS) is 1. The van der Waals surface area contributed by atoms with E-state index in [-0.39, 0.29) is 42.0 Å². The number of aromatic nitrogens is 1. The van der Waals surface area contributed by atoms with Gasteiger partial charge >= 0.3 is 5.97 Å². The van der Waals surface area contributed by atoms with Gasteiger partial charge in [-0.3, -0.25) is 9.59 Å². The van der Waals surface area contributed by atoms with Crippen LogP contribution in [0.15, 0.2) is 29.2 Å². The van der Waals surface area contributed by atoms with Crippen LogP contribution in [0.1, 0.15) is 73.6 Å². The lowest BCUT2D eigenvalue weighted by Gasteiger charge is -2.33. The van der Waals surface area contributed by atoms with E-state index >= 15 is 4.39 Å². The third-order valence-electron chi connectivity index (χ3n) is 7.42. The van der Waals surface area contributed by atoms with Gasteiger partial charge < -0.3 is 19.7 Å². The Kier molecular flexibility index (Phi) is 7.87. The van der Waals surface area contributed by atoms with Crippen LogP contribution in [0.3, 0.4) is 0 Å². The van der Waals surface area contributed by atoms with Crippen LogP contribution in [-0.4, -0.2) is 39.8 Å². The number of carbonyl (C=O) groups excluding carboxylic acids is 1. The van der Waals surface area contributed by atoms with Gasteiger partial charge in [0.05, 0.1) is 23.9 Å². The lowest BCUT2D eigenvalue weighted by atomic mass is 9.86. The molecule has 1 aliphatic rings. The van der Waals surface area contributed by atoms with Gasteiger partial charge in [0.25, 0.3) is 0 Å². The summed E-state index contributed by atoms with van der Waals surface area (Å²) >= 11 is 6.01. The Labute approximate surface area is 229 Å². The van der Waals surface area contributed by atoms with Gasteiger partial charge in [-0.25, -0.2) is 13.6 Å². The van der Waals surface area contributed by atoms with E-state index in [0.29, 0.717) is 30.5 Å². The number of anilines is 1. The summed E-state index contributed by atoms with van der Waals surface area (Å²) in [6.45, 7) is 7.59. The Bertz CT molecular complexity index is 1540. The van der Waals surface area contributed by atoms with Crippen molar-refractivity contribution >= 4 is 40.1 Å². The van der Waals surface area contributed by atoms with Crippen LogP contribution in [0.2, 0.25) is 5.02 Å². The van der Waals surface area contributed by atoms with Crippen molar-refractivity contribution in [3.8, 4) is 0 Å². The molecule has 0 saturated carbocycles. The number of hydrogen-bond donors (Lipinski definition) is 2. The van der Waals surface area contributed by atoms with Gasteiger partial charge in [-0.15, -0.1) is 0 Å². The van der Waals surface area contributed by atoms with Crippen molar-refractivity contribution in [2.24, 2.45) is 5.41 Å². The molecule has 2 aromatic carbocycles. The minimum absolute atomic E-state index is 0.0443. The van der Waals surface area contributed by atoms with Gasteiger partial charge in [0.15, 0.2) is 5.82 Å². The summed E-state index contributed by atoms with van der Waals surface area (Å²) in [6, 6.07) is 4.02. The summed E-state index contributed by atoms with van der Waals surface area (Å²) in [6.07, 6.45) is 2.49. The average Bonchev–Trinajstić information content (AvgIpc) is 3.30. The van der Waals surface area contributed by atoms with Crippen molar-refractivity contribution in [1.29, 1.82) is 0 Å². The number of pyridine rings is 1. The minimum atomic E-state index is -1.40. The highest BCUT2D eigenvalue weighted by Crippen LogP contribution is 2.36. The highest BCUT2D eigenvalue weighted by molar-refractivity contribution is 6.31. The fourth-order valence-electron chi connectivity index (χ4n) is 5.24. The summed E-state index contributed by atoms with van der Waals surface area (Å²) in [5.74, 6) is -3.65. The first-order valence-electron chi connectivity index (χ1n) is 12.8. The van der Waals surface area contributed by atoms with Gasteiger partial charge in [-0.1, -0.05) is 39.3 Å². The second-order valence-electron chi connectivity index (χ2n) is 11.0. The Hall–Kier alpha value is -3.30. The van der Waals surface area contributed by atoms with E-state index in [1.807, 2.05) is 27.7 Å². The maximum Gasteiger partial charge on any atom is 0.341 e. The Morgan fingerprint density at radius 3 is 2.33 bits per heavy atom. The number of fused-ring (bicyclic) bond motifs is 1. The lowest BCUT2D eigenvalue weighted by Crippen LogP contribution is -2.30. The summed E-state index contributed by atoms with van der Waals surface area (Å²) in [5.41, 5.74) is 0.0494. The van der Waals surface area contributed by atoms with Gasteiger partial charge in [0.1, 0.15) is 16.4 Å². The zero-order valence-corrected chi connectivity index (χ0v) is 23.0. The van der Waals surface area contributed by atoms with E-state index in [2.05, 4.69) is 0 Å². The van der Waals surface area contributed by atoms with Crippen LogP contribution < -0.4 is 10.3 Å². The maximum atomic E-state index is 15.2. The van der Waals surface area contributed by atoms with Crippen LogP contribution in [0.25, 0.3) is 10.9 Å². The molecule has 3 aromatic rings.